The van der Waals surface area contributed by atoms with Gasteiger partial charge < -0.3 is 5.32 Å². The largest absolute Gasteiger partial charge is 0.309 e. The summed E-state index contributed by atoms with van der Waals surface area (Å²) in [6.45, 7) is 3.17. The zero-order valence-corrected chi connectivity index (χ0v) is 12.2. The maximum atomic E-state index is 4.26. The summed E-state index contributed by atoms with van der Waals surface area (Å²) in [7, 11) is 0. The molecule has 0 aliphatic heterocycles. The molecule has 86 valence electrons. The number of nitrogens with one attached hydrogen (secondary N) is 1. The number of thiophene rings is 1. The van der Waals surface area contributed by atoms with Crippen LogP contribution < -0.4 is 5.32 Å². The molecule has 0 bridgehead atoms. The van der Waals surface area contributed by atoms with Crippen LogP contribution in [0, 0.1) is 0 Å². The number of hydrogen-bond acceptors (Lipinski definition) is 4. The first-order valence-electron chi connectivity index (χ1n) is 5.12. The van der Waals surface area contributed by atoms with Crippen LogP contribution in [0.5, 0.6) is 0 Å². The van der Waals surface area contributed by atoms with Gasteiger partial charge in [-0.25, -0.2) is 4.98 Å². The molecule has 0 fully saturated rings. The second kappa shape index (κ2) is 5.91. The van der Waals surface area contributed by atoms with Crippen molar-refractivity contribution in [2.45, 2.75) is 19.4 Å². The van der Waals surface area contributed by atoms with E-state index >= 15 is 0 Å². The van der Waals surface area contributed by atoms with E-state index in [-0.39, 0.29) is 0 Å². The van der Waals surface area contributed by atoms with Gasteiger partial charge in [-0.1, -0.05) is 0 Å². The van der Waals surface area contributed by atoms with E-state index in [2.05, 4.69) is 45.3 Å². The van der Waals surface area contributed by atoms with Gasteiger partial charge in [-0.2, -0.15) is 0 Å². The highest BCUT2D eigenvalue weighted by atomic mass is 79.9. The Balaban J connectivity index is 1.78. The number of rotatable bonds is 5. The zero-order chi connectivity index (χ0) is 11.4. The standard InChI is InChI=1S/C11H13BrN2S2/c1-8(9-2-3-10(12)16-9)13-5-4-11-14-6-7-15-11/h2-3,6-8,13H,4-5H2,1H3. The predicted octanol–water partition coefficient (Wildman–Crippen LogP) is 3.86. The molecular formula is C11H13BrN2S2. The molecule has 2 rings (SSSR count). The minimum absolute atomic E-state index is 0.413. The van der Waals surface area contributed by atoms with E-state index in [9.17, 15) is 0 Å². The van der Waals surface area contributed by atoms with Crippen molar-refractivity contribution in [3.63, 3.8) is 0 Å². The third-order valence-electron chi connectivity index (χ3n) is 2.29. The summed E-state index contributed by atoms with van der Waals surface area (Å²) in [4.78, 5) is 5.63. The van der Waals surface area contributed by atoms with E-state index in [4.69, 9.17) is 0 Å². The van der Waals surface area contributed by atoms with Gasteiger partial charge in [-0.05, 0) is 35.0 Å². The topological polar surface area (TPSA) is 24.9 Å². The number of nitrogens with zero attached hydrogens (tertiary/aromatic N) is 1. The Morgan fingerprint density at radius 1 is 1.50 bits per heavy atom. The first-order valence-corrected chi connectivity index (χ1v) is 7.61. The third kappa shape index (κ3) is 3.38. The van der Waals surface area contributed by atoms with Gasteiger partial charge in [-0.15, -0.1) is 22.7 Å². The van der Waals surface area contributed by atoms with Crippen LogP contribution in [-0.2, 0) is 6.42 Å². The van der Waals surface area contributed by atoms with Crippen LogP contribution in [0.15, 0.2) is 27.5 Å². The molecule has 0 spiro atoms. The quantitative estimate of drug-likeness (QED) is 0.906. The van der Waals surface area contributed by atoms with Crippen molar-refractivity contribution in [2.75, 3.05) is 6.54 Å². The molecule has 1 atom stereocenters. The summed E-state index contributed by atoms with van der Waals surface area (Å²) < 4.78 is 1.19. The molecule has 1 unspecified atom stereocenters. The Kier molecular flexibility index (Phi) is 4.52. The van der Waals surface area contributed by atoms with Crippen molar-refractivity contribution < 1.29 is 0 Å². The molecule has 5 heteroatoms. The van der Waals surface area contributed by atoms with Gasteiger partial charge in [-0.3, -0.25) is 0 Å². The van der Waals surface area contributed by atoms with Crippen molar-refractivity contribution in [3.05, 3.63) is 37.4 Å². The summed E-state index contributed by atoms with van der Waals surface area (Å²) in [5, 5.41) is 6.73. The molecule has 16 heavy (non-hydrogen) atoms. The van der Waals surface area contributed by atoms with E-state index < -0.39 is 0 Å². The highest BCUT2D eigenvalue weighted by Crippen LogP contribution is 2.26. The molecule has 0 radical (unpaired) electrons. The van der Waals surface area contributed by atoms with E-state index in [0.29, 0.717) is 6.04 Å². The Hall–Kier alpha value is -0.230. The molecule has 0 saturated carbocycles. The molecule has 2 aromatic rings. The highest BCUT2D eigenvalue weighted by Gasteiger charge is 2.07. The van der Waals surface area contributed by atoms with Crippen molar-refractivity contribution in [1.29, 1.82) is 0 Å². The van der Waals surface area contributed by atoms with Gasteiger partial charge in [0.25, 0.3) is 0 Å². The average molecular weight is 317 g/mol. The lowest BCUT2D eigenvalue weighted by Gasteiger charge is -2.10. The molecule has 0 aliphatic rings. The Morgan fingerprint density at radius 3 is 3.00 bits per heavy atom. The molecule has 2 nitrogen and oxygen atoms in total. The van der Waals surface area contributed by atoms with Crippen LogP contribution in [-0.4, -0.2) is 11.5 Å². The SMILES string of the molecule is CC(NCCc1nccs1)c1ccc(Br)s1. The van der Waals surface area contributed by atoms with E-state index in [1.165, 1.54) is 13.7 Å². The molecule has 0 aromatic carbocycles. The van der Waals surface area contributed by atoms with Gasteiger partial charge in [0.05, 0.1) is 8.79 Å². The molecule has 0 aliphatic carbocycles. The molecule has 2 heterocycles. The summed E-state index contributed by atoms with van der Waals surface area (Å²) in [6, 6.07) is 4.67. The number of aromatic nitrogens is 1. The van der Waals surface area contributed by atoms with Crippen LogP contribution in [0.1, 0.15) is 22.9 Å². The minimum Gasteiger partial charge on any atom is -0.309 e. The fraction of sp³-hybridized carbons (Fsp3) is 0.364. The van der Waals surface area contributed by atoms with Crippen LogP contribution in [0.25, 0.3) is 0 Å². The summed E-state index contributed by atoms with van der Waals surface area (Å²) in [6.07, 6.45) is 2.87. The maximum Gasteiger partial charge on any atom is 0.0937 e. The van der Waals surface area contributed by atoms with Crippen LogP contribution in [0.3, 0.4) is 0 Å². The molecule has 2 aromatic heterocycles. The van der Waals surface area contributed by atoms with E-state index in [1.54, 1.807) is 22.7 Å². The molecule has 0 saturated heterocycles. The molecule has 0 amide bonds. The fourth-order valence-electron chi connectivity index (χ4n) is 1.43. The van der Waals surface area contributed by atoms with Gasteiger partial charge >= 0.3 is 0 Å². The first-order chi connectivity index (χ1) is 7.75. The smallest absolute Gasteiger partial charge is 0.0937 e. The van der Waals surface area contributed by atoms with Crippen LogP contribution in [0.2, 0.25) is 0 Å². The number of hydrogen-bond donors (Lipinski definition) is 1. The average Bonchev–Trinajstić information content (AvgIpc) is 2.89. The summed E-state index contributed by atoms with van der Waals surface area (Å²) >= 11 is 6.99. The minimum atomic E-state index is 0.413. The lowest BCUT2D eigenvalue weighted by atomic mass is 10.2. The lowest BCUT2D eigenvalue weighted by molar-refractivity contribution is 0.584. The van der Waals surface area contributed by atoms with Crippen molar-refractivity contribution in [3.8, 4) is 0 Å². The van der Waals surface area contributed by atoms with Crippen molar-refractivity contribution >= 4 is 38.6 Å². The van der Waals surface area contributed by atoms with Crippen LogP contribution >= 0.6 is 38.6 Å². The van der Waals surface area contributed by atoms with Crippen LogP contribution in [0.4, 0.5) is 0 Å². The maximum absolute atomic E-state index is 4.26. The number of halogens is 1. The van der Waals surface area contributed by atoms with E-state index in [0.717, 1.165) is 13.0 Å². The predicted molar refractivity (Wildman–Crippen MR) is 74.3 cm³/mol. The van der Waals surface area contributed by atoms with E-state index in [1.807, 2.05) is 11.6 Å². The fourth-order valence-corrected chi connectivity index (χ4v) is 3.50. The monoisotopic (exact) mass is 316 g/mol. The zero-order valence-electron chi connectivity index (χ0n) is 8.94. The second-order valence-electron chi connectivity index (χ2n) is 3.49. The highest BCUT2D eigenvalue weighted by molar-refractivity contribution is 9.11. The van der Waals surface area contributed by atoms with Gasteiger partial charge in [0.2, 0.25) is 0 Å². The van der Waals surface area contributed by atoms with Crippen molar-refractivity contribution in [1.82, 2.24) is 10.3 Å². The normalized spacial score (nSPS) is 12.9. The van der Waals surface area contributed by atoms with Gasteiger partial charge in [0, 0.05) is 35.5 Å². The number of thiazole rings is 1. The summed E-state index contributed by atoms with van der Waals surface area (Å²) in [5.41, 5.74) is 0. The third-order valence-corrected chi connectivity index (χ3v) is 4.94. The Bertz CT molecular complexity index is 425. The van der Waals surface area contributed by atoms with Crippen molar-refractivity contribution in [2.24, 2.45) is 0 Å². The molecular weight excluding hydrogens is 304 g/mol. The second-order valence-corrected chi connectivity index (χ2v) is 6.97. The molecule has 1 N–H and O–H groups in total. The Morgan fingerprint density at radius 2 is 2.38 bits per heavy atom. The summed E-state index contributed by atoms with van der Waals surface area (Å²) in [5.74, 6) is 0. The first kappa shape index (κ1) is 12.2. The van der Waals surface area contributed by atoms with Gasteiger partial charge in [0.1, 0.15) is 0 Å². The van der Waals surface area contributed by atoms with Gasteiger partial charge in [0.15, 0.2) is 0 Å². The lowest BCUT2D eigenvalue weighted by Crippen LogP contribution is -2.20. The Labute approximate surface area is 112 Å².